The van der Waals surface area contributed by atoms with Gasteiger partial charge in [-0.05, 0) is 6.92 Å². The molecule has 0 aromatic carbocycles. The van der Waals surface area contributed by atoms with Crippen molar-refractivity contribution in [3.05, 3.63) is 0 Å². The molecule has 2 N–H and O–H groups in total. The van der Waals surface area contributed by atoms with Crippen molar-refractivity contribution in [2.75, 3.05) is 0 Å². The minimum Gasteiger partial charge on any atom is -0.350 e. The molecule has 0 fully saturated rings. The first-order chi connectivity index (χ1) is 6.66. The largest absolute Gasteiger partial charge is 0.451 e. The highest BCUT2D eigenvalue weighted by atomic mass is 19.4. The van der Waals surface area contributed by atoms with Crippen LogP contribution in [0.4, 0.5) is 18.0 Å². The monoisotopic (exact) mass is 224 g/mol. The number of alkyl halides is 3. The Labute approximate surface area is 82.1 Å². The third-order valence-electron chi connectivity index (χ3n) is 1.35. The molecule has 0 aromatic heterocycles. The summed E-state index contributed by atoms with van der Waals surface area (Å²) in [5.74, 6) is -5.46. The Morgan fingerprint density at radius 2 is 1.80 bits per heavy atom. The second-order valence-corrected chi connectivity index (χ2v) is 2.57. The maximum Gasteiger partial charge on any atom is 0.451 e. The van der Waals surface area contributed by atoms with Gasteiger partial charge in [0.25, 0.3) is 5.78 Å². The molecule has 0 aliphatic heterocycles. The molecule has 1 atom stereocenters. The number of urea groups is 1. The second-order valence-electron chi connectivity index (χ2n) is 2.57. The summed E-state index contributed by atoms with van der Waals surface area (Å²) in [6.45, 7) is 0.779. The maximum absolute atomic E-state index is 11.9. The van der Waals surface area contributed by atoms with Crippen LogP contribution in [0.3, 0.4) is 0 Å². The highest BCUT2D eigenvalue weighted by Crippen LogP contribution is 2.20. The van der Waals surface area contributed by atoms with Crippen LogP contribution >= 0.6 is 0 Å². The normalized spacial score (nSPS) is 13.9. The summed E-state index contributed by atoms with van der Waals surface area (Å²) in [5, 5.41) is 0. The summed E-state index contributed by atoms with van der Waals surface area (Å²) >= 11 is 0. The molecule has 0 saturated carbocycles. The van der Waals surface area contributed by atoms with Crippen LogP contribution < -0.4 is 5.73 Å². The first-order valence-corrected chi connectivity index (χ1v) is 3.61. The van der Waals surface area contributed by atoms with Gasteiger partial charge in [0.1, 0.15) is 11.7 Å². The van der Waals surface area contributed by atoms with Crippen molar-refractivity contribution in [1.82, 2.24) is 0 Å². The van der Waals surface area contributed by atoms with Crippen LogP contribution in [0.2, 0.25) is 0 Å². The molecule has 0 saturated heterocycles. The van der Waals surface area contributed by atoms with Gasteiger partial charge in [0, 0.05) is 6.21 Å². The first kappa shape index (κ1) is 13.3. The number of halogens is 3. The molecule has 2 amide bonds. The van der Waals surface area contributed by atoms with E-state index < -0.39 is 29.7 Å². The molecular weight excluding hydrogens is 217 g/mol. The number of amides is 2. The smallest absolute Gasteiger partial charge is 0.350 e. The first-order valence-electron chi connectivity index (χ1n) is 3.61. The van der Waals surface area contributed by atoms with Crippen molar-refractivity contribution in [2.45, 2.75) is 13.1 Å². The summed E-state index contributed by atoms with van der Waals surface area (Å²) in [6, 6.07) is -1.28. The topological polar surface area (TPSA) is 89.6 Å². The zero-order chi connectivity index (χ0) is 12.2. The standard InChI is InChI=1S/C7H7F3N2O3/c1-3(13)4(2-12-6(11)15)5(14)7(8,9)10/h2,4H,1H3,(H2,11,15). The average molecular weight is 224 g/mol. The number of primary amides is 1. The van der Waals surface area contributed by atoms with Gasteiger partial charge in [-0.1, -0.05) is 0 Å². The van der Waals surface area contributed by atoms with Crippen molar-refractivity contribution in [3.8, 4) is 0 Å². The molecular formula is C7H7F3N2O3. The number of carbonyl (C=O) groups excluding carboxylic acids is 3. The van der Waals surface area contributed by atoms with Crippen LogP contribution in [0.15, 0.2) is 4.99 Å². The molecule has 5 nitrogen and oxygen atoms in total. The van der Waals surface area contributed by atoms with Crippen LogP contribution in [0.25, 0.3) is 0 Å². The molecule has 0 heterocycles. The molecule has 0 spiro atoms. The lowest BCUT2D eigenvalue weighted by molar-refractivity contribution is -0.174. The second kappa shape index (κ2) is 4.67. The van der Waals surface area contributed by atoms with E-state index in [2.05, 4.69) is 10.7 Å². The fourth-order valence-corrected chi connectivity index (χ4v) is 0.682. The van der Waals surface area contributed by atoms with Crippen LogP contribution in [0.1, 0.15) is 6.92 Å². The number of ketones is 2. The Kier molecular flexibility index (Phi) is 4.13. The van der Waals surface area contributed by atoms with Gasteiger partial charge in [0.05, 0.1) is 0 Å². The molecule has 0 bridgehead atoms. The van der Waals surface area contributed by atoms with E-state index >= 15 is 0 Å². The van der Waals surface area contributed by atoms with Crippen LogP contribution in [0, 0.1) is 5.92 Å². The van der Waals surface area contributed by atoms with E-state index in [4.69, 9.17) is 0 Å². The zero-order valence-electron chi connectivity index (χ0n) is 7.54. The number of nitrogens with zero attached hydrogens (tertiary/aromatic N) is 1. The number of nitrogens with two attached hydrogens (primary N) is 1. The SMILES string of the molecule is CC(=O)C(C=NC(N)=O)C(=O)C(F)(F)F. The van der Waals surface area contributed by atoms with Crippen molar-refractivity contribution in [3.63, 3.8) is 0 Å². The lowest BCUT2D eigenvalue weighted by Crippen LogP contribution is -2.35. The van der Waals surface area contributed by atoms with Crippen molar-refractivity contribution in [2.24, 2.45) is 16.6 Å². The minimum absolute atomic E-state index is 0.292. The van der Waals surface area contributed by atoms with E-state index in [1.54, 1.807) is 0 Å². The summed E-state index contributed by atoms with van der Waals surface area (Å²) in [6.07, 6.45) is -4.86. The van der Waals surface area contributed by atoms with E-state index in [0.29, 0.717) is 6.21 Å². The molecule has 15 heavy (non-hydrogen) atoms. The molecule has 8 heteroatoms. The van der Waals surface area contributed by atoms with Crippen LogP contribution in [0.5, 0.6) is 0 Å². The van der Waals surface area contributed by atoms with Gasteiger partial charge in [-0.3, -0.25) is 9.59 Å². The predicted octanol–water partition coefficient (Wildman–Crippen LogP) is 0.473. The summed E-state index contributed by atoms with van der Waals surface area (Å²) in [5.41, 5.74) is 4.51. The number of aliphatic imine (C=N–C) groups is 1. The Morgan fingerprint density at radius 3 is 2.07 bits per heavy atom. The molecule has 1 unspecified atom stereocenters. The zero-order valence-corrected chi connectivity index (χ0v) is 7.54. The van der Waals surface area contributed by atoms with E-state index in [-0.39, 0.29) is 0 Å². The van der Waals surface area contributed by atoms with Crippen LogP contribution in [-0.4, -0.2) is 30.0 Å². The molecule has 0 aromatic rings. The number of Topliss-reactive ketones (excluding diaryl/α,β-unsaturated/α-hetero) is 2. The van der Waals surface area contributed by atoms with Gasteiger partial charge < -0.3 is 5.73 Å². The molecule has 0 aliphatic carbocycles. The van der Waals surface area contributed by atoms with Gasteiger partial charge in [-0.2, -0.15) is 13.2 Å². The maximum atomic E-state index is 11.9. The van der Waals surface area contributed by atoms with Crippen molar-refractivity contribution >= 4 is 23.8 Å². The van der Waals surface area contributed by atoms with E-state index in [0.717, 1.165) is 6.92 Å². The molecule has 0 aliphatic rings. The van der Waals surface area contributed by atoms with Gasteiger partial charge in [0.15, 0.2) is 0 Å². The Morgan fingerprint density at radius 1 is 1.33 bits per heavy atom. The van der Waals surface area contributed by atoms with Crippen molar-refractivity contribution < 1.29 is 27.6 Å². The van der Waals surface area contributed by atoms with Crippen molar-refractivity contribution in [1.29, 1.82) is 0 Å². The summed E-state index contributed by atoms with van der Waals surface area (Å²) in [4.78, 5) is 34.2. The fraction of sp³-hybridized carbons (Fsp3) is 0.429. The van der Waals surface area contributed by atoms with Gasteiger partial charge in [-0.15, -0.1) is 0 Å². The summed E-state index contributed by atoms with van der Waals surface area (Å²) < 4.78 is 35.7. The average Bonchev–Trinajstić information content (AvgIpc) is 2.01. The Balaban J connectivity index is 4.92. The van der Waals surface area contributed by atoms with E-state index in [9.17, 15) is 27.6 Å². The Bertz CT molecular complexity index is 322. The predicted molar refractivity (Wildman–Crippen MR) is 43.3 cm³/mol. The van der Waals surface area contributed by atoms with E-state index in [1.165, 1.54) is 0 Å². The number of carbonyl (C=O) groups is 3. The van der Waals surface area contributed by atoms with Gasteiger partial charge in [-0.25, -0.2) is 9.79 Å². The number of hydrogen-bond acceptors (Lipinski definition) is 3. The number of rotatable bonds is 3. The minimum atomic E-state index is -5.15. The lowest BCUT2D eigenvalue weighted by Gasteiger charge is -2.09. The Hall–Kier alpha value is -1.73. The third kappa shape index (κ3) is 4.34. The molecule has 84 valence electrons. The highest BCUT2D eigenvalue weighted by molar-refractivity contribution is 6.16. The number of hydrogen-bond donors (Lipinski definition) is 1. The third-order valence-corrected chi connectivity index (χ3v) is 1.35. The summed E-state index contributed by atoms with van der Waals surface area (Å²) in [7, 11) is 0. The quantitative estimate of drug-likeness (QED) is 0.558. The fourth-order valence-electron chi connectivity index (χ4n) is 0.682. The molecule has 0 rings (SSSR count). The van der Waals surface area contributed by atoms with Gasteiger partial charge >= 0.3 is 12.2 Å². The van der Waals surface area contributed by atoms with Gasteiger partial charge in [0.2, 0.25) is 0 Å². The van der Waals surface area contributed by atoms with E-state index in [1.807, 2.05) is 0 Å². The van der Waals surface area contributed by atoms with Crippen LogP contribution in [-0.2, 0) is 9.59 Å². The molecule has 0 radical (unpaired) electrons. The highest BCUT2D eigenvalue weighted by Gasteiger charge is 2.44. The lowest BCUT2D eigenvalue weighted by atomic mass is 10.0.